The smallest absolute Gasteiger partial charge is 0.226 e. The van der Waals surface area contributed by atoms with Crippen molar-refractivity contribution in [1.82, 2.24) is 4.98 Å². The highest BCUT2D eigenvalue weighted by Gasteiger charge is 2.39. The molecule has 122 valence electrons. The Morgan fingerprint density at radius 1 is 1.43 bits per heavy atom. The molecule has 0 bridgehead atoms. The number of ether oxygens (including phenoxy) is 1. The van der Waals surface area contributed by atoms with Crippen molar-refractivity contribution < 1.29 is 9.53 Å². The molecule has 23 heavy (non-hydrogen) atoms. The van der Waals surface area contributed by atoms with Crippen LogP contribution in [0, 0.1) is 12.3 Å². The highest BCUT2D eigenvalue weighted by molar-refractivity contribution is 7.13. The highest BCUT2D eigenvalue weighted by Crippen LogP contribution is 2.37. The molecule has 0 aliphatic carbocycles. The summed E-state index contributed by atoms with van der Waals surface area (Å²) in [5, 5.41) is 13.7. The molecule has 3 rings (SSSR count). The molecule has 1 amide bonds. The molecular weight excluding hydrogens is 312 g/mol. The van der Waals surface area contributed by atoms with E-state index >= 15 is 0 Å². The number of thiazole rings is 1. The van der Waals surface area contributed by atoms with Gasteiger partial charge in [0, 0.05) is 50.2 Å². The van der Waals surface area contributed by atoms with Gasteiger partial charge in [-0.2, -0.15) is 10.2 Å². The first-order chi connectivity index (χ1) is 11.2. The molecule has 0 spiro atoms. The van der Waals surface area contributed by atoms with Crippen LogP contribution in [0.15, 0.2) is 15.6 Å². The number of hydrogen-bond acceptors (Lipinski definition) is 6. The van der Waals surface area contributed by atoms with Crippen LogP contribution in [0.3, 0.4) is 0 Å². The average Bonchev–Trinajstić information content (AvgIpc) is 3.21. The summed E-state index contributed by atoms with van der Waals surface area (Å²) in [6.07, 6.45) is 9.60. The first-order valence-electron chi connectivity index (χ1n) is 7.91. The number of rotatable bonds is 7. The van der Waals surface area contributed by atoms with Crippen molar-refractivity contribution >= 4 is 22.4 Å². The molecular formula is C16H20N4O2S. The minimum Gasteiger partial charge on any atom is -0.381 e. The number of aromatic nitrogens is 1. The molecule has 1 fully saturated rings. The van der Waals surface area contributed by atoms with Crippen molar-refractivity contribution in [3.8, 4) is 12.3 Å². The summed E-state index contributed by atoms with van der Waals surface area (Å²) in [4.78, 5) is 16.6. The molecule has 6 nitrogen and oxygen atoms in total. The third-order valence-corrected chi connectivity index (χ3v) is 4.99. The number of carbonyl (C=O) groups excluding carboxylic acids is 1. The third-order valence-electron chi connectivity index (χ3n) is 4.21. The van der Waals surface area contributed by atoms with Gasteiger partial charge < -0.3 is 10.1 Å². The Balaban J connectivity index is 1.45. The summed E-state index contributed by atoms with van der Waals surface area (Å²) in [6, 6.07) is 0. The van der Waals surface area contributed by atoms with E-state index in [4.69, 9.17) is 11.2 Å². The largest absolute Gasteiger partial charge is 0.381 e. The summed E-state index contributed by atoms with van der Waals surface area (Å²) in [7, 11) is 0. The van der Waals surface area contributed by atoms with Gasteiger partial charge in [0.2, 0.25) is 5.91 Å². The number of carbonyl (C=O) groups is 1. The van der Waals surface area contributed by atoms with E-state index in [-0.39, 0.29) is 5.91 Å². The second-order valence-corrected chi connectivity index (χ2v) is 6.76. The van der Waals surface area contributed by atoms with Crippen LogP contribution >= 0.6 is 11.3 Å². The maximum Gasteiger partial charge on any atom is 0.226 e. The molecule has 0 saturated carbocycles. The van der Waals surface area contributed by atoms with Crippen LogP contribution in [0.25, 0.3) is 0 Å². The Morgan fingerprint density at radius 3 is 2.91 bits per heavy atom. The van der Waals surface area contributed by atoms with Crippen LogP contribution in [-0.4, -0.2) is 29.8 Å². The van der Waals surface area contributed by atoms with Gasteiger partial charge in [-0.25, -0.2) is 4.98 Å². The van der Waals surface area contributed by atoms with Crippen molar-refractivity contribution in [1.29, 1.82) is 0 Å². The second-order valence-electron chi connectivity index (χ2n) is 5.90. The van der Waals surface area contributed by atoms with Crippen molar-refractivity contribution in [2.45, 2.75) is 50.1 Å². The lowest BCUT2D eigenvalue weighted by Gasteiger charge is -2.19. The first-order valence-corrected chi connectivity index (χ1v) is 8.79. The fourth-order valence-corrected chi connectivity index (χ4v) is 3.50. The van der Waals surface area contributed by atoms with Crippen LogP contribution in [0.5, 0.6) is 0 Å². The average molecular weight is 332 g/mol. The van der Waals surface area contributed by atoms with Gasteiger partial charge in [0.15, 0.2) is 10.8 Å². The molecule has 7 heteroatoms. The zero-order valence-corrected chi connectivity index (χ0v) is 13.8. The lowest BCUT2D eigenvalue weighted by molar-refractivity contribution is -0.116. The Labute approximate surface area is 139 Å². The van der Waals surface area contributed by atoms with E-state index in [0.717, 1.165) is 38.2 Å². The molecule has 0 aromatic carbocycles. The Bertz CT molecular complexity index is 622. The number of amides is 1. The second kappa shape index (κ2) is 7.20. The fraction of sp³-hybridized carbons (Fsp3) is 0.625. The number of hydrogen-bond donors (Lipinski definition) is 1. The molecule has 1 aromatic rings. The zero-order valence-electron chi connectivity index (χ0n) is 13.0. The first kappa shape index (κ1) is 16.1. The SMILES string of the molecule is C#CCCC1(CCC(=O)Nc2nc(C3CCOCC3)cs2)N=N1. The van der Waals surface area contributed by atoms with Crippen LogP contribution in [0.4, 0.5) is 5.13 Å². The third kappa shape index (κ3) is 4.36. The van der Waals surface area contributed by atoms with Crippen molar-refractivity contribution in [2.75, 3.05) is 18.5 Å². The highest BCUT2D eigenvalue weighted by atomic mass is 32.1. The van der Waals surface area contributed by atoms with E-state index in [1.165, 1.54) is 11.3 Å². The number of terminal acetylenes is 1. The molecule has 1 aromatic heterocycles. The van der Waals surface area contributed by atoms with E-state index in [9.17, 15) is 4.79 Å². The monoisotopic (exact) mass is 332 g/mol. The van der Waals surface area contributed by atoms with E-state index in [1.54, 1.807) is 0 Å². The van der Waals surface area contributed by atoms with Crippen molar-refractivity contribution in [3.05, 3.63) is 11.1 Å². The molecule has 0 unspecified atom stereocenters. The van der Waals surface area contributed by atoms with Gasteiger partial charge in [0.25, 0.3) is 0 Å². The van der Waals surface area contributed by atoms with Gasteiger partial charge in [-0.05, 0) is 12.8 Å². The number of nitrogens with one attached hydrogen (secondary N) is 1. The van der Waals surface area contributed by atoms with E-state index in [1.807, 2.05) is 5.38 Å². The van der Waals surface area contributed by atoms with Gasteiger partial charge in [-0.3, -0.25) is 4.79 Å². The van der Waals surface area contributed by atoms with Gasteiger partial charge in [0.1, 0.15) is 0 Å². The van der Waals surface area contributed by atoms with Crippen molar-refractivity contribution in [2.24, 2.45) is 10.2 Å². The van der Waals surface area contributed by atoms with E-state index in [2.05, 4.69) is 26.4 Å². The fourth-order valence-electron chi connectivity index (χ4n) is 2.69. The van der Waals surface area contributed by atoms with Crippen molar-refractivity contribution in [3.63, 3.8) is 0 Å². The zero-order chi connectivity index (χ0) is 16.1. The Morgan fingerprint density at radius 2 is 2.22 bits per heavy atom. The predicted octanol–water partition coefficient (Wildman–Crippen LogP) is 3.33. The number of nitrogens with zero attached hydrogens (tertiary/aromatic N) is 3. The molecule has 0 atom stereocenters. The lowest BCUT2D eigenvalue weighted by atomic mass is 9.98. The molecule has 1 saturated heterocycles. The normalized spacial score (nSPS) is 19.3. The molecule has 2 aliphatic rings. The summed E-state index contributed by atoms with van der Waals surface area (Å²) in [5.74, 6) is 2.99. The minimum absolute atomic E-state index is 0.0461. The minimum atomic E-state index is -0.403. The van der Waals surface area contributed by atoms with Gasteiger partial charge in [-0.1, -0.05) is 0 Å². The molecule has 3 heterocycles. The van der Waals surface area contributed by atoms with Crippen LogP contribution in [0.1, 0.15) is 50.1 Å². The topological polar surface area (TPSA) is 75.9 Å². The summed E-state index contributed by atoms with van der Waals surface area (Å²) in [5.41, 5.74) is 0.658. The molecule has 1 N–H and O–H groups in total. The summed E-state index contributed by atoms with van der Waals surface area (Å²) in [6.45, 7) is 1.58. The van der Waals surface area contributed by atoms with Gasteiger partial charge >= 0.3 is 0 Å². The Kier molecular flexibility index (Phi) is 5.03. The lowest BCUT2D eigenvalue weighted by Crippen LogP contribution is -2.18. The number of anilines is 1. The summed E-state index contributed by atoms with van der Waals surface area (Å²) >= 11 is 1.48. The molecule has 2 aliphatic heterocycles. The van der Waals surface area contributed by atoms with Crippen LogP contribution < -0.4 is 5.32 Å². The molecule has 0 radical (unpaired) electrons. The maximum absolute atomic E-state index is 12.1. The van der Waals surface area contributed by atoms with Gasteiger partial charge in [-0.15, -0.1) is 23.7 Å². The quantitative estimate of drug-likeness (QED) is 0.778. The Hall–Kier alpha value is -1.78. The van der Waals surface area contributed by atoms with Crippen LogP contribution in [0.2, 0.25) is 0 Å². The predicted molar refractivity (Wildman–Crippen MR) is 88.4 cm³/mol. The van der Waals surface area contributed by atoms with E-state index in [0.29, 0.717) is 30.3 Å². The van der Waals surface area contributed by atoms with Crippen LogP contribution in [-0.2, 0) is 9.53 Å². The van der Waals surface area contributed by atoms with E-state index < -0.39 is 5.66 Å². The maximum atomic E-state index is 12.1. The van der Waals surface area contributed by atoms with Gasteiger partial charge in [0.05, 0.1) is 5.69 Å². The standard InChI is InChI=1S/C16H20N4O2S/c1-2-3-7-16(19-20-16)8-4-14(21)18-15-17-13(11-23-15)12-5-9-22-10-6-12/h1,11-12H,3-10H2,(H,17,18,21). The summed E-state index contributed by atoms with van der Waals surface area (Å²) < 4.78 is 5.37.